The van der Waals surface area contributed by atoms with E-state index in [0.29, 0.717) is 12.6 Å². The number of anilines is 1. The summed E-state index contributed by atoms with van der Waals surface area (Å²) in [5.74, 6) is 0.537. The molecule has 4 nitrogen and oxygen atoms in total. The van der Waals surface area contributed by atoms with Gasteiger partial charge in [-0.3, -0.25) is 0 Å². The molecule has 1 aliphatic rings. The van der Waals surface area contributed by atoms with Gasteiger partial charge >= 0.3 is 0 Å². The molecule has 1 fully saturated rings. The van der Waals surface area contributed by atoms with E-state index in [1.807, 2.05) is 7.05 Å². The van der Waals surface area contributed by atoms with E-state index in [4.69, 9.17) is 4.74 Å². The normalized spacial score (nSPS) is 18.8. The Kier molecular flexibility index (Phi) is 5.31. The van der Waals surface area contributed by atoms with E-state index in [9.17, 15) is 4.39 Å². The van der Waals surface area contributed by atoms with E-state index >= 15 is 0 Å². The van der Waals surface area contributed by atoms with Crippen LogP contribution in [-0.4, -0.2) is 37.3 Å². The predicted molar refractivity (Wildman–Crippen MR) is 78.4 cm³/mol. The Labute approximate surface area is 120 Å². The fourth-order valence-electron chi connectivity index (χ4n) is 2.44. The van der Waals surface area contributed by atoms with Crippen molar-refractivity contribution in [3.05, 3.63) is 23.6 Å². The van der Waals surface area contributed by atoms with Crippen molar-refractivity contribution in [3.63, 3.8) is 0 Å². The van der Waals surface area contributed by atoms with Crippen LogP contribution in [0.1, 0.15) is 32.3 Å². The second kappa shape index (κ2) is 6.99. The summed E-state index contributed by atoms with van der Waals surface area (Å²) < 4.78 is 19.1. The Balaban J connectivity index is 2.07. The average molecular weight is 281 g/mol. The van der Waals surface area contributed by atoms with Crippen LogP contribution >= 0.6 is 0 Å². The number of hydrogen-bond donors (Lipinski definition) is 1. The second-order valence-electron chi connectivity index (χ2n) is 5.69. The number of hydrogen-bond acceptors (Lipinski definition) is 4. The third kappa shape index (κ3) is 4.15. The highest BCUT2D eigenvalue weighted by molar-refractivity contribution is 5.46. The van der Waals surface area contributed by atoms with Gasteiger partial charge in [0.25, 0.3) is 0 Å². The zero-order valence-electron chi connectivity index (χ0n) is 12.5. The molecular formula is C15H24FN3O. The third-order valence-electron chi connectivity index (χ3n) is 3.47. The van der Waals surface area contributed by atoms with Crippen molar-refractivity contribution in [3.8, 4) is 0 Å². The smallest absolute Gasteiger partial charge is 0.141 e. The molecule has 1 atom stereocenters. The lowest BCUT2D eigenvalue weighted by Gasteiger charge is -2.24. The summed E-state index contributed by atoms with van der Waals surface area (Å²) in [6.45, 7) is 6.41. The molecule has 0 bridgehead atoms. The summed E-state index contributed by atoms with van der Waals surface area (Å²) >= 11 is 0. The van der Waals surface area contributed by atoms with Crippen LogP contribution in [0.25, 0.3) is 0 Å². The lowest BCUT2D eigenvalue weighted by Crippen LogP contribution is -2.31. The van der Waals surface area contributed by atoms with Gasteiger partial charge in [-0.2, -0.15) is 0 Å². The molecule has 112 valence electrons. The van der Waals surface area contributed by atoms with Crippen LogP contribution in [0.15, 0.2) is 12.3 Å². The van der Waals surface area contributed by atoms with Gasteiger partial charge in [-0.05, 0) is 18.9 Å². The van der Waals surface area contributed by atoms with Crippen molar-refractivity contribution in [2.75, 3.05) is 25.1 Å². The minimum absolute atomic E-state index is 0.262. The Bertz CT molecular complexity index is 433. The standard InChI is InChI=1S/C15H24FN3O/c1-11(2)17-8-12-7-13(16)9-18-15(12)19(3)10-14-5-4-6-20-14/h7,9,11,14,17H,4-6,8,10H2,1-3H3. The molecule has 2 rings (SSSR count). The predicted octanol–water partition coefficient (Wildman–Crippen LogP) is 2.33. The zero-order chi connectivity index (χ0) is 14.5. The summed E-state index contributed by atoms with van der Waals surface area (Å²) in [6.07, 6.45) is 3.75. The molecule has 0 aromatic carbocycles. The topological polar surface area (TPSA) is 37.4 Å². The number of halogens is 1. The maximum Gasteiger partial charge on any atom is 0.141 e. The van der Waals surface area contributed by atoms with Gasteiger partial charge in [-0.15, -0.1) is 0 Å². The number of nitrogens with zero attached hydrogens (tertiary/aromatic N) is 2. The molecule has 1 aliphatic heterocycles. The van der Waals surface area contributed by atoms with Gasteiger partial charge in [0.2, 0.25) is 0 Å². The van der Waals surface area contributed by atoms with E-state index in [2.05, 4.69) is 29.0 Å². The Morgan fingerprint density at radius 3 is 3.00 bits per heavy atom. The van der Waals surface area contributed by atoms with E-state index in [-0.39, 0.29) is 11.9 Å². The Hall–Kier alpha value is -1.20. The van der Waals surface area contributed by atoms with Crippen LogP contribution in [0.3, 0.4) is 0 Å². The first-order valence-electron chi connectivity index (χ1n) is 7.27. The molecule has 0 aliphatic carbocycles. The van der Waals surface area contributed by atoms with Gasteiger partial charge in [-0.1, -0.05) is 13.8 Å². The summed E-state index contributed by atoms with van der Waals surface area (Å²) in [7, 11) is 1.99. The molecule has 1 unspecified atom stereocenters. The molecule has 5 heteroatoms. The summed E-state index contributed by atoms with van der Waals surface area (Å²) in [5, 5.41) is 3.31. The van der Waals surface area contributed by atoms with E-state index in [1.165, 1.54) is 6.20 Å². The van der Waals surface area contributed by atoms with Crippen LogP contribution in [0.4, 0.5) is 10.2 Å². The van der Waals surface area contributed by atoms with Crippen LogP contribution < -0.4 is 10.2 Å². The highest BCUT2D eigenvalue weighted by atomic mass is 19.1. The van der Waals surface area contributed by atoms with Crippen LogP contribution in [0.5, 0.6) is 0 Å². The molecule has 1 aromatic rings. The first-order valence-corrected chi connectivity index (χ1v) is 7.27. The number of ether oxygens (including phenoxy) is 1. The fraction of sp³-hybridized carbons (Fsp3) is 0.667. The average Bonchev–Trinajstić information content (AvgIpc) is 2.89. The number of likely N-dealkylation sites (N-methyl/N-ethyl adjacent to an activating group) is 1. The number of aromatic nitrogens is 1. The first-order chi connectivity index (χ1) is 9.56. The lowest BCUT2D eigenvalue weighted by atomic mass is 10.2. The SMILES string of the molecule is CC(C)NCc1cc(F)cnc1N(C)CC1CCCO1. The molecule has 0 amide bonds. The minimum atomic E-state index is -0.292. The number of nitrogens with one attached hydrogen (secondary N) is 1. The van der Waals surface area contributed by atoms with Crippen molar-refractivity contribution < 1.29 is 9.13 Å². The Morgan fingerprint density at radius 2 is 2.35 bits per heavy atom. The molecule has 20 heavy (non-hydrogen) atoms. The fourth-order valence-corrected chi connectivity index (χ4v) is 2.44. The third-order valence-corrected chi connectivity index (χ3v) is 3.47. The van der Waals surface area contributed by atoms with E-state index < -0.39 is 0 Å². The summed E-state index contributed by atoms with van der Waals surface area (Å²) in [6, 6.07) is 1.92. The van der Waals surface area contributed by atoms with Crippen LogP contribution in [-0.2, 0) is 11.3 Å². The van der Waals surface area contributed by atoms with Gasteiger partial charge in [-0.25, -0.2) is 9.37 Å². The van der Waals surface area contributed by atoms with E-state index in [1.54, 1.807) is 6.07 Å². The van der Waals surface area contributed by atoms with Crippen molar-refractivity contribution >= 4 is 5.82 Å². The summed E-state index contributed by atoms with van der Waals surface area (Å²) in [4.78, 5) is 6.32. The molecule has 1 N–H and O–H groups in total. The maximum absolute atomic E-state index is 13.4. The van der Waals surface area contributed by atoms with Crippen molar-refractivity contribution in [1.29, 1.82) is 0 Å². The molecule has 1 aromatic heterocycles. The van der Waals surface area contributed by atoms with Gasteiger partial charge < -0.3 is 15.0 Å². The first kappa shape index (κ1) is 15.2. The largest absolute Gasteiger partial charge is 0.376 e. The van der Waals surface area contributed by atoms with Gasteiger partial charge in [0.15, 0.2) is 0 Å². The number of pyridine rings is 1. The highest BCUT2D eigenvalue weighted by Gasteiger charge is 2.19. The molecule has 0 spiro atoms. The molecule has 1 saturated heterocycles. The van der Waals surface area contributed by atoms with Crippen LogP contribution in [0.2, 0.25) is 0 Å². The maximum atomic E-state index is 13.4. The Morgan fingerprint density at radius 1 is 1.55 bits per heavy atom. The minimum Gasteiger partial charge on any atom is -0.376 e. The van der Waals surface area contributed by atoms with Crippen LogP contribution in [0, 0.1) is 5.82 Å². The van der Waals surface area contributed by atoms with E-state index in [0.717, 1.165) is 37.4 Å². The molecule has 0 saturated carbocycles. The monoisotopic (exact) mass is 281 g/mol. The van der Waals surface area contributed by atoms with Crippen molar-refractivity contribution in [2.45, 2.75) is 45.4 Å². The van der Waals surface area contributed by atoms with Gasteiger partial charge in [0.05, 0.1) is 12.3 Å². The molecular weight excluding hydrogens is 257 g/mol. The van der Waals surface area contributed by atoms with Crippen molar-refractivity contribution in [2.24, 2.45) is 0 Å². The molecule has 2 heterocycles. The molecule has 0 radical (unpaired) electrons. The second-order valence-corrected chi connectivity index (χ2v) is 5.69. The zero-order valence-corrected chi connectivity index (χ0v) is 12.5. The highest BCUT2D eigenvalue weighted by Crippen LogP contribution is 2.20. The quantitative estimate of drug-likeness (QED) is 0.868. The lowest BCUT2D eigenvalue weighted by molar-refractivity contribution is 0.116. The van der Waals surface area contributed by atoms with Gasteiger partial charge in [0, 0.05) is 38.3 Å². The van der Waals surface area contributed by atoms with Crippen molar-refractivity contribution in [1.82, 2.24) is 10.3 Å². The van der Waals surface area contributed by atoms with Gasteiger partial charge in [0.1, 0.15) is 11.6 Å². The number of rotatable bonds is 6. The summed E-state index contributed by atoms with van der Waals surface area (Å²) in [5.41, 5.74) is 0.888.